The minimum atomic E-state index is -2.97. The van der Waals surface area contributed by atoms with Crippen molar-refractivity contribution in [1.29, 1.82) is 0 Å². The Morgan fingerprint density at radius 1 is 1.15 bits per heavy atom. The molecule has 1 aromatic carbocycles. The van der Waals surface area contributed by atoms with Crippen LogP contribution in [0.1, 0.15) is 45.1 Å². The summed E-state index contributed by atoms with van der Waals surface area (Å²) in [6.07, 6.45) is 3.47. The van der Waals surface area contributed by atoms with Gasteiger partial charge >= 0.3 is 0 Å². The van der Waals surface area contributed by atoms with Crippen molar-refractivity contribution in [2.24, 2.45) is 5.92 Å². The summed E-state index contributed by atoms with van der Waals surface area (Å²) >= 11 is 0. The van der Waals surface area contributed by atoms with Crippen molar-refractivity contribution in [2.75, 3.05) is 46.8 Å². The third kappa shape index (κ3) is 5.94. The average molecular weight is 557 g/mol. The first-order valence-corrected chi connectivity index (χ1v) is 15.6. The highest BCUT2D eigenvalue weighted by molar-refractivity contribution is 7.90. The minimum absolute atomic E-state index is 0.156. The fourth-order valence-electron chi connectivity index (χ4n) is 5.56. The highest BCUT2D eigenvalue weighted by atomic mass is 32.2. The number of aliphatic hydroxyl groups excluding tert-OH is 1. The first-order valence-electron chi connectivity index (χ1n) is 13.5. The van der Waals surface area contributed by atoms with Gasteiger partial charge in [-0.15, -0.1) is 0 Å². The first kappa shape index (κ1) is 27.5. The number of halogens is 1. The van der Waals surface area contributed by atoms with Crippen molar-refractivity contribution in [1.82, 2.24) is 15.0 Å². The van der Waals surface area contributed by atoms with E-state index in [9.17, 15) is 17.9 Å². The fraction of sp³-hybridized carbons (Fsp3) is 0.536. The Labute approximate surface area is 229 Å². The van der Waals surface area contributed by atoms with Crippen LogP contribution in [-0.2, 0) is 9.84 Å². The summed E-state index contributed by atoms with van der Waals surface area (Å²) in [7, 11) is -2.97. The SMILES string of the molecule is CC(C)c1ccc(N2C[C@H](CCS(C)(=O)=O)[C@H]2C)c2cnc(Nc3ccnc(N4CC[C@H](F)[C@H](O)C4)n3)cc12. The molecule has 4 heterocycles. The van der Waals surface area contributed by atoms with Crippen LogP contribution in [-0.4, -0.2) is 78.4 Å². The molecule has 2 aliphatic rings. The molecule has 3 aromatic rings. The number of β-amino-alcohol motifs (C(OH)–C–C–N with tert-alkyl or cyclic N) is 1. The summed E-state index contributed by atoms with van der Waals surface area (Å²) in [6.45, 7) is 7.92. The number of fused-ring (bicyclic) bond motifs is 1. The predicted octanol–water partition coefficient (Wildman–Crippen LogP) is 4.06. The standard InChI is InChI=1S/C28H37FN6O3S/c1-17(2)20-5-6-24(35-15-19(18(35)3)9-12-39(4,37)38)22-14-31-27(13-21(20)22)32-26-7-10-30-28(33-26)34-11-8-23(29)25(36)16-34/h5-7,10,13-14,17-19,23,25,36H,8-9,11-12,15-16H2,1-4H3,(H,30,31,32,33)/t18-,19+,23+,25-/m1/s1. The van der Waals surface area contributed by atoms with E-state index in [-0.39, 0.29) is 24.8 Å². The summed E-state index contributed by atoms with van der Waals surface area (Å²) in [5.74, 6) is 2.53. The van der Waals surface area contributed by atoms with Gasteiger partial charge in [0.15, 0.2) is 0 Å². The number of pyridine rings is 1. The smallest absolute Gasteiger partial charge is 0.227 e. The average Bonchev–Trinajstić information content (AvgIpc) is 2.88. The van der Waals surface area contributed by atoms with Crippen LogP contribution < -0.4 is 15.1 Å². The maximum atomic E-state index is 13.7. The van der Waals surface area contributed by atoms with E-state index in [1.54, 1.807) is 17.2 Å². The van der Waals surface area contributed by atoms with Crippen LogP contribution in [0.5, 0.6) is 0 Å². The lowest BCUT2D eigenvalue weighted by Crippen LogP contribution is -2.55. The van der Waals surface area contributed by atoms with Gasteiger partial charge < -0.3 is 20.2 Å². The molecule has 9 nitrogen and oxygen atoms in total. The summed E-state index contributed by atoms with van der Waals surface area (Å²) in [5, 5.41) is 15.4. The van der Waals surface area contributed by atoms with E-state index in [4.69, 9.17) is 4.98 Å². The van der Waals surface area contributed by atoms with E-state index in [1.807, 2.05) is 12.3 Å². The van der Waals surface area contributed by atoms with Gasteiger partial charge in [0, 0.05) is 55.4 Å². The Morgan fingerprint density at radius 2 is 1.95 bits per heavy atom. The van der Waals surface area contributed by atoms with E-state index < -0.39 is 22.1 Å². The maximum absolute atomic E-state index is 13.7. The summed E-state index contributed by atoms with van der Waals surface area (Å²) in [4.78, 5) is 17.7. The molecule has 2 fully saturated rings. The zero-order valence-electron chi connectivity index (χ0n) is 22.9. The van der Waals surface area contributed by atoms with Crippen molar-refractivity contribution in [3.05, 3.63) is 42.2 Å². The molecule has 39 heavy (non-hydrogen) atoms. The van der Waals surface area contributed by atoms with Gasteiger partial charge in [0.2, 0.25) is 5.95 Å². The molecular weight excluding hydrogens is 519 g/mol. The Morgan fingerprint density at radius 3 is 2.64 bits per heavy atom. The van der Waals surface area contributed by atoms with Crippen molar-refractivity contribution >= 4 is 43.9 Å². The van der Waals surface area contributed by atoms with E-state index in [1.165, 1.54) is 11.8 Å². The third-order valence-corrected chi connectivity index (χ3v) is 8.97. The number of aliphatic hydroxyl groups is 1. The molecule has 0 unspecified atom stereocenters. The van der Waals surface area contributed by atoms with Gasteiger partial charge in [0.05, 0.1) is 5.75 Å². The molecule has 2 saturated heterocycles. The second-order valence-electron chi connectivity index (χ2n) is 11.2. The maximum Gasteiger partial charge on any atom is 0.227 e. The van der Waals surface area contributed by atoms with Gasteiger partial charge in [0.25, 0.3) is 0 Å². The lowest BCUT2D eigenvalue weighted by atomic mass is 9.85. The van der Waals surface area contributed by atoms with Crippen LogP contribution in [0.25, 0.3) is 10.8 Å². The number of hydrogen-bond acceptors (Lipinski definition) is 9. The molecule has 4 atom stereocenters. The number of alkyl halides is 1. The number of sulfone groups is 1. The summed E-state index contributed by atoms with van der Waals surface area (Å²) in [5.41, 5.74) is 2.32. The van der Waals surface area contributed by atoms with Crippen LogP contribution in [0.3, 0.4) is 0 Å². The zero-order chi connectivity index (χ0) is 27.9. The Kier molecular flexibility index (Phi) is 7.65. The molecule has 210 valence electrons. The molecule has 0 saturated carbocycles. The normalized spacial score (nSPS) is 23.8. The van der Waals surface area contributed by atoms with E-state index >= 15 is 0 Å². The molecular formula is C28H37FN6O3S. The number of nitrogens with zero attached hydrogens (tertiary/aromatic N) is 5. The van der Waals surface area contributed by atoms with Crippen molar-refractivity contribution in [3.8, 4) is 0 Å². The molecule has 0 radical (unpaired) electrons. The molecule has 2 aliphatic heterocycles. The van der Waals surface area contributed by atoms with Gasteiger partial charge in [-0.2, -0.15) is 4.98 Å². The molecule has 11 heteroatoms. The highest BCUT2D eigenvalue weighted by Gasteiger charge is 2.36. The van der Waals surface area contributed by atoms with E-state index in [0.717, 1.165) is 23.0 Å². The molecule has 0 amide bonds. The Bertz CT molecular complexity index is 1450. The van der Waals surface area contributed by atoms with E-state index in [0.29, 0.717) is 42.4 Å². The van der Waals surface area contributed by atoms with Crippen molar-refractivity contribution in [3.63, 3.8) is 0 Å². The molecule has 2 aromatic heterocycles. The lowest BCUT2D eigenvalue weighted by Gasteiger charge is -2.48. The number of benzene rings is 1. The van der Waals surface area contributed by atoms with Gasteiger partial charge in [-0.1, -0.05) is 19.9 Å². The highest BCUT2D eigenvalue weighted by Crippen LogP contribution is 2.40. The zero-order valence-corrected chi connectivity index (χ0v) is 23.7. The Hall–Kier alpha value is -3.05. The molecule has 0 spiro atoms. The number of rotatable bonds is 8. The number of aromatic nitrogens is 3. The minimum Gasteiger partial charge on any atom is -0.388 e. The quantitative estimate of drug-likeness (QED) is 0.424. The molecule has 5 rings (SSSR count). The lowest BCUT2D eigenvalue weighted by molar-refractivity contribution is 0.0640. The van der Waals surface area contributed by atoms with Crippen LogP contribution in [0.15, 0.2) is 36.7 Å². The number of piperidine rings is 1. The summed E-state index contributed by atoms with van der Waals surface area (Å²) < 4.78 is 37.0. The predicted molar refractivity (Wildman–Crippen MR) is 154 cm³/mol. The first-order chi connectivity index (χ1) is 18.5. The second-order valence-corrected chi connectivity index (χ2v) is 13.5. The van der Waals surface area contributed by atoms with Crippen LogP contribution in [0, 0.1) is 5.92 Å². The second kappa shape index (κ2) is 10.8. The molecule has 0 aliphatic carbocycles. The number of hydrogen-bond donors (Lipinski definition) is 2. The number of nitrogens with one attached hydrogen (secondary N) is 1. The van der Waals surface area contributed by atoms with Crippen LogP contribution >= 0.6 is 0 Å². The third-order valence-electron chi connectivity index (χ3n) is 7.99. The largest absolute Gasteiger partial charge is 0.388 e. The van der Waals surface area contributed by atoms with Crippen LogP contribution in [0.2, 0.25) is 0 Å². The Balaban J connectivity index is 1.38. The fourth-order valence-corrected chi connectivity index (χ4v) is 6.29. The molecule has 2 N–H and O–H groups in total. The van der Waals surface area contributed by atoms with Crippen molar-refractivity contribution in [2.45, 2.75) is 57.8 Å². The topological polar surface area (TPSA) is 112 Å². The van der Waals surface area contributed by atoms with E-state index in [2.05, 4.69) is 53.1 Å². The van der Waals surface area contributed by atoms with Crippen molar-refractivity contribution < 1.29 is 17.9 Å². The summed E-state index contributed by atoms with van der Waals surface area (Å²) in [6, 6.07) is 8.37. The number of anilines is 4. The van der Waals surface area contributed by atoms with Gasteiger partial charge in [-0.3, -0.25) is 0 Å². The monoisotopic (exact) mass is 556 g/mol. The van der Waals surface area contributed by atoms with Gasteiger partial charge in [0.1, 0.15) is 33.7 Å². The van der Waals surface area contributed by atoms with Gasteiger partial charge in [-0.25, -0.2) is 22.8 Å². The van der Waals surface area contributed by atoms with Gasteiger partial charge in [-0.05, 0) is 60.7 Å². The van der Waals surface area contributed by atoms with Crippen LogP contribution in [0.4, 0.5) is 27.7 Å². The molecule has 0 bridgehead atoms.